The van der Waals surface area contributed by atoms with E-state index >= 15 is 0 Å². The van der Waals surface area contributed by atoms with E-state index in [1.165, 1.54) is 24.6 Å². The van der Waals surface area contributed by atoms with E-state index in [1.54, 1.807) is 24.3 Å². The summed E-state index contributed by atoms with van der Waals surface area (Å²) in [5, 5.41) is 14.5. The molecule has 19 heavy (non-hydrogen) atoms. The van der Waals surface area contributed by atoms with E-state index in [0.29, 0.717) is 5.56 Å². The second-order valence-corrected chi connectivity index (χ2v) is 3.55. The summed E-state index contributed by atoms with van der Waals surface area (Å²) in [6.45, 7) is 0. The van der Waals surface area contributed by atoms with Gasteiger partial charge in [0.05, 0.1) is 18.4 Å². The molecule has 0 aliphatic carbocycles. The third-order valence-electron chi connectivity index (χ3n) is 2.30. The number of hydrogen-bond acceptors (Lipinski definition) is 5. The lowest BCUT2D eigenvalue weighted by Crippen LogP contribution is -2.24. The van der Waals surface area contributed by atoms with Crippen molar-refractivity contribution in [2.24, 2.45) is 5.10 Å². The molecule has 0 atom stereocenters. The Hall–Kier alpha value is -2.89. The minimum Gasteiger partial charge on any atom is -0.545 e. The molecule has 0 fully saturated rings. The zero-order valence-electron chi connectivity index (χ0n) is 9.70. The molecule has 1 heterocycles. The second kappa shape index (κ2) is 5.63. The van der Waals surface area contributed by atoms with E-state index < -0.39 is 11.9 Å². The quantitative estimate of drug-likeness (QED) is 0.633. The normalized spacial score (nSPS) is 10.5. The minimum atomic E-state index is -1.31. The Morgan fingerprint density at radius 3 is 2.68 bits per heavy atom. The molecule has 0 spiro atoms. The predicted octanol–water partition coefficient (Wildman–Crippen LogP) is 0.407. The number of carboxylic acid groups (broad SMARTS) is 1. The fourth-order valence-corrected chi connectivity index (χ4v) is 1.42. The standard InChI is InChI=1S/C13H10N2O4/c16-12(11-6-3-7-19-11)15-14-8-9-4-1-2-5-10(9)13(17)18/h1-8H,(H,15,16)(H,17,18)/p-1/b14-8-. The molecule has 96 valence electrons. The van der Waals surface area contributed by atoms with Gasteiger partial charge in [-0.2, -0.15) is 5.10 Å². The highest BCUT2D eigenvalue weighted by molar-refractivity contribution is 5.98. The summed E-state index contributed by atoms with van der Waals surface area (Å²) >= 11 is 0. The lowest BCUT2D eigenvalue weighted by molar-refractivity contribution is -0.255. The number of benzene rings is 1. The van der Waals surface area contributed by atoms with Gasteiger partial charge in [-0.25, -0.2) is 5.43 Å². The average molecular weight is 257 g/mol. The predicted molar refractivity (Wildman–Crippen MR) is 64.5 cm³/mol. The Labute approximate surface area is 108 Å². The molecule has 0 saturated heterocycles. The van der Waals surface area contributed by atoms with Crippen molar-refractivity contribution in [2.45, 2.75) is 0 Å². The number of carboxylic acids is 1. The SMILES string of the molecule is O=C(N/N=C\c1ccccc1C(=O)[O-])c1ccco1. The Bertz CT molecular complexity index is 617. The van der Waals surface area contributed by atoms with Gasteiger partial charge < -0.3 is 14.3 Å². The highest BCUT2D eigenvalue weighted by Crippen LogP contribution is 2.04. The van der Waals surface area contributed by atoms with Crippen LogP contribution in [0.5, 0.6) is 0 Å². The van der Waals surface area contributed by atoms with E-state index in [1.807, 2.05) is 0 Å². The van der Waals surface area contributed by atoms with Crippen LogP contribution >= 0.6 is 0 Å². The van der Waals surface area contributed by atoms with Gasteiger partial charge in [-0.05, 0) is 12.1 Å². The van der Waals surface area contributed by atoms with E-state index in [9.17, 15) is 14.7 Å². The van der Waals surface area contributed by atoms with Crippen LogP contribution in [-0.2, 0) is 0 Å². The molecule has 1 aromatic heterocycles. The number of aromatic carboxylic acids is 1. The van der Waals surface area contributed by atoms with E-state index in [0.717, 1.165) is 0 Å². The van der Waals surface area contributed by atoms with Crippen molar-refractivity contribution in [3.8, 4) is 0 Å². The zero-order valence-corrected chi connectivity index (χ0v) is 9.70. The summed E-state index contributed by atoms with van der Waals surface area (Å²) in [5.41, 5.74) is 2.56. The first kappa shape index (κ1) is 12.6. The summed E-state index contributed by atoms with van der Waals surface area (Å²) in [6.07, 6.45) is 2.59. The van der Waals surface area contributed by atoms with Crippen LogP contribution in [0.1, 0.15) is 26.5 Å². The molecule has 6 nitrogen and oxygen atoms in total. The molecule has 2 rings (SSSR count). The summed E-state index contributed by atoms with van der Waals surface area (Å²) in [7, 11) is 0. The number of hydrogen-bond donors (Lipinski definition) is 1. The van der Waals surface area contributed by atoms with Crippen LogP contribution in [0.25, 0.3) is 0 Å². The lowest BCUT2D eigenvalue weighted by atomic mass is 10.1. The molecular formula is C13H9N2O4-. The zero-order chi connectivity index (χ0) is 13.7. The molecule has 2 aromatic rings. The highest BCUT2D eigenvalue weighted by atomic mass is 16.4. The van der Waals surface area contributed by atoms with Gasteiger partial charge in [0.2, 0.25) is 0 Å². The Kier molecular flexibility index (Phi) is 3.72. The maximum atomic E-state index is 11.5. The Morgan fingerprint density at radius 2 is 2.00 bits per heavy atom. The molecule has 1 N–H and O–H groups in total. The molecule has 1 amide bonds. The summed E-state index contributed by atoms with van der Waals surface area (Å²) in [6, 6.07) is 9.23. The fraction of sp³-hybridized carbons (Fsp3) is 0. The van der Waals surface area contributed by atoms with Crippen molar-refractivity contribution in [1.29, 1.82) is 0 Å². The van der Waals surface area contributed by atoms with Gasteiger partial charge in [-0.1, -0.05) is 24.3 Å². The van der Waals surface area contributed by atoms with Crippen molar-refractivity contribution in [3.05, 3.63) is 59.5 Å². The number of carbonyl (C=O) groups excluding carboxylic acids is 2. The molecule has 0 unspecified atom stereocenters. The fourth-order valence-electron chi connectivity index (χ4n) is 1.42. The van der Waals surface area contributed by atoms with Gasteiger partial charge >= 0.3 is 5.91 Å². The number of furan rings is 1. The van der Waals surface area contributed by atoms with Crippen LogP contribution in [0, 0.1) is 0 Å². The number of amides is 1. The van der Waals surface area contributed by atoms with Crippen molar-refractivity contribution < 1.29 is 19.1 Å². The molecule has 0 bridgehead atoms. The molecule has 0 radical (unpaired) electrons. The molecule has 0 aliphatic rings. The molecule has 6 heteroatoms. The van der Waals surface area contributed by atoms with Crippen molar-refractivity contribution in [2.75, 3.05) is 0 Å². The van der Waals surface area contributed by atoms with E-state index in [2.05, 4.69) is 10.5 Å². The van der Waals surface area contributed by atoms with E-state index in [-0.39, 0.29) is 11.3 Å². The van der Waals surface area contributed by atoms with Crippen molar-refractivity contribution in [3.63, 3.8) is 0 Å². The number of hydrazone groups is 1. The Morgan fingerprint density at radius 1 is 1.21 bits per heavy atom. The van der Waals surface area contributed by atoms with Gasteiger partial charge in [0.25, 0.3) is 0 Å². The lowest BCUT2D eigenvalue weighted by Gasteiger charge is -2.05. The molecule has 1 aromatic carbocycles. The second-order valence-electron chi connectivity index (χ2n) is 3.55. The van der Waals surface area contributed by atoms with Gasteiger partial charge in [0, 0.05) is 11.1 Å². The third kappa shape index (κ3) is 3.06. The van der Waals surface area contributed by atoms with Gasteiger partial charge in [0.15, 0.2) is 5.76 Å². The summed E-state index contributed by atoms with van der Waals surface area (Å²) in [5.74, 6) is -1.71. The Balaban J connectivity index is 2.07. The maximum absolute atomic E-state index is 11.5. The van der Waals surface area contributed by atoms with Crippen LogP contribution in [0.2, 0.25) is 0 Å². The molecule has 0 saturated carbocycles. The van der Waals surface area contributed by atoms with Crippen LogP contribution < -0.4 is 10.5 Å². The largest absolute Gasteiger partial charge is 0.545 e. The third-order valence-corrected chi connectivity index (χ3v) is 2.30. The maximum Gasteiger partial charge on any atom is 0.307 e. The van der Waals surface area contributed by atoms with E-state index in [4.69, 9.17) is 4.42 Å². The van der Waals surface area contributed by atoms with Crippen molar-refractivity contribution in [1.82, 2.24) is 5.43 Å². The monoisotopic (exact) mass is 257 g/mol. The van der Waals surface area contributed by atoms with Gasteiger partial charge in [0.1, 0.15) is 0 Å². The first-order chi connectivity index (χ1) is 9.18. The first-order valence-electron chi connectivity index (χ1n) is 5.36. The van der Waals surface area contributed by atoms with Gasteiger partial charge in [-0.15, -0.1) is 0 Å². The highest BCUT2D eigenvalue weighted by Gasteiger charge is 2.06. The van der Waals surface area contributed by atoms with Crippen LogP contribution in [0.3, 0.4) is 0 Å². The van der Waals surface area contributed by atoms with Gasteiger partial charge in [-0.3, -0.25) is 4.79 Å². The number of carbonyl (C=O) groups is 2. The smallest absolute Gasteiger partial charge is 0.307 e. The van der Waals surface area contributed by atoms with Crippen LogP contribution in [-0.4, -0.2) is 18.1 Å². The number of nitrogens with one attached hydrogen (secondary N) is 1. The minimum absolute atomic E-state index is 0.00139. The average Bonchev–Trinajstić information content (AvgIpc) is 2.93. The topological polar surface area (TPSA) is 94.7 Å². The van der Waals surface area contributed by atoms with Crippen LogP contribution in [0.4, 0.5) is 0 Å². The number of nitrogens with zero attached hydrogens (tertiary/aromatic N) is 1. The first-order valence-corrected chi connectivity index (χ1v) is 5.36. The molecule has 0 aliphatic heterocycles. The number of rotatable bonds is 4. The van der Waals surface area contributed by atoms with Crippen LogP contribution in [0.15, 0.2) is 52.2 Å². The molecular weight excluding hydrogens is 248 g/mol. The summed E-state index contributed by atoms with van der Waals surface area (Å²) < 4.78 is 4.87. The summed E-state index contributed by atoms with van der Waals surface area (Å²) in [4.78, 5) is 22.3. The van der Waals surface area contributed by atoms with Crippen molar-refractivity contribution >= 4 is 18.1 Å².